The van der Waals surface area contributed by atoms with Crippen LogP contribution in [0.4, 0.5) is 34.1 Å². The maximum Gasteiger partial charge on any atom is 0.0563 e. The molecule has 0 spiro atoms. The van der Waals surface area contributed by atoms with Gasteiger partial charge < -0.3 is 21.3 Å². The van der Waals surface area contributed by atoms with Crippen LogP contribution in [0.25, 0.3) is 0 Å². The predicted molar refractivity (Wildman–Crippen MR) is 162 cm³/mol. The lowest BCUT2D eigenvalue weighted by atomic mass is 9.98. The lowest BCUT2D eigenvalue weighted by molar-refractivity contribution is 0.749. The van der Waals surface area contributed by atoms with Crippen LogP contribution in [0.5, 0.6) is 0 Å². The van der Waals surface area contributed by atoms with Crippen LogP contribution in [0.1, 0.15) is 37.1 Å². The van der Waals surface area contributed by atoms with Crippen LogP contribution in [-0.4, -0.2) is 0 Å². The molecular weight excluding hydrogens is 464 g/mol. The molecule has 4 N–H and O–H groups in total. The highest BCUT2D eigenvalue weighted by atomic mass is 15.2. The van der Waals surface area contributed by atoms with E-state index in [2.05, 4.69) is 121 Å². The second-order valence-electron chi connectivity index (χ2n) is 9.62. The van der Waals surface area contributed by atoms with Crippen molar-refractivity contribution < 1.29 is 0 Å². The van der Waals surface area contributed by atoms with E-state index in [1.807, 2.05) is 36.4 Å². The summed E-state index contributed by atoms with van der Waals surface area (Å²) in [4.78, 5) is 4.72. The van der Waals surface area contributed by atoms with Crippen LogP contribution >= 0.6 is 0 Å². The third kappa shape index (κ3) is 5.35. The van der Waals surface area contributed by atoms with Crippen molar-refractivity contribution in [3.8, 4) is 0 Å². The molecular formula is C34H34N4. The topological polar surface area (TPSA) is 58.5 Å². The van der Waals surface area contributed by atoms with Crippen molar-refractivity contribution in [1.29, 1.82) is 0 Å². The third-order valence-electron chi connectivity index (χ3n) is 7.06. The van der Waals surface area contributed by atoms with E-state index in [9.17, 15) is 0 Å². The van der Waals surface area contributed by atoms with Gasteiger partial charge in [-0.1, -0.05) is 60.7 Å². The molecule has 2 unspecified atom stereocenters. The van der Waals surface area contributed by atoms with Gasteiger partial charge in [-0.25, -0.2) is 0 Å². The van der Waals surface area contributed by atoms with Crippen molar-refractivity contribution in [2.75, 3.05) is 21.3 Å². The Morgan fingerprint density at radius 1 is 0.421 bits per heavy atom. The summed E-state index contributed by atoms with van der Waals surface area (Å²) in [5.74, 6) is 0. The summed E-state index contributed by atoms with van der Waals surface area (Å²) in [7, 11) is 0. The van der Waals surface area contributed by atoms with Gasteiger partial charge >= 0.3 is 0 Å². The highest BCUT2D eigenvalue weighted by Crippen LogP contribution is 2.38. The average molecular weight is 499 g/mol. The van der Waals surface area contributed by atoms with E-state index >= 15 is 0 Å². The molecule has 0 aromatic heterocycles. The molecule has 0 aliphatic heterocycles. The molecule has 0 fully saturated rings. The summed E-state index contributed by atoms with van der Waals surface area (Å²) in [6.07, 6.45) is 0. The van der Waals surface area contributed by atoms with Gasteiger partial charge in [-0.15, -0.1) is 0 Å². The summed E-state index contributed by atoms with van der Waals surface area (Å²) in [5, 5.41) is 0. The fourth-order valence-corrected chi connectivity index (χ4v) is 5.02. The smallest absolute Gasteiger partial charge is 0.0563 e. The van der Waals surface area contributed by atoms with Gasteiger partial charge in [0.05, 0.1) is 12.1 Å². The first-order chi connectivity index (χ1) is 18.5. The number of benzene rings is 5. The summed E-state index contributed by atoms with van der Waals surface area (Å²) in [6, 6.07) is 46.3. The zero-order valence-corrected chi connectivity index (χ0v) is 21.9. The summed E-state index contributed by atoms with van der Waals surface area (Å²) in [6.45, 7) is 4.50. The van der Waals surface area contributed by atoms with Gasteiger partial charge in [0, 0.05) is 34.1 Å². The monoisotopic (exact) mass is 498 g/mol. The SMILES string of the molecule is CC(c1cccc(C(C)N(c2ccccc2)c2ccc(N)cc2)c1)N(c1ccccc1)c1ccc(N)cc1. The Labute approximate surface area is 225 Å². The van der Waals surface area contributed by atoms with Crippen LogP contribution in [0, 0.1) is 0 Å². The number of para-hydroxylation sites is 2. The van der Waals surface area contributed by atoms with Gasteiger partial charge in [-0.2, -0.15) is 0 Å². The van der Waals surface area contributed by atoms with Crippen LogP contribution in [0.2, 0.25) is 0 Å². The minimum absolute atomic E-state index is 0.0925. The normalized spacial score (nSPS) is 12.5. The minimum atomic E-state index is 0.0925. The molecule has 0 amide bonds. The Hall–Kier alpha value is -4.70. The number of rotatable bonds is 8. The van der Waals surface area contributed by atoms with Gasteiger partial charge in [-0.05, 0) is 97.8 Å². The lowest BCUT2D eigenvalue weighted by Gasteiger charge is -2.34. The molecule has 38 heavy (non-hydrogen) atoms. The predicted octanol–water partition coefficient (Wildman–Crippen LogP) is 8.65. The first-order valence-corrected chi connectivity index (χ1v) is 13.0. The van der Waals surface area contributed by atoms with Crippen molar-refractivity contribution in [2.45, 2.75) is 25.9 Å². The van der Waals surface area contributed by atoms with Gasteiger partial charge in [-0.3, -0.25) is 0 Å². The number of nitrogens with zero attached hydrogens (tertiary/aromatic N) is 2. The number of anilines is 6. The molecule has 0 aliphatic rings. The van der Waals surface area contributed by atoms with Gasteiger partial charge in [0.1, 0.15) is 0 Å². The molecule has 190 valence electrons. The number of nitrogens with two attached hydrogens (primary N) is 2. The summed E-state index contributed by atoms with van der Waals surface area (Å²) < 4.78 is 0. The average Bonchev–Trinajstić information content (AvgIpc) is 2.96. The zero-order valence-electron chi connectivity index (χ0n) is 21.9. The number of hydrogen-bond donors (Lipinski definition) is 2. The molecule has 5 aromatic carbocycles. The highest BCUT2D eigenvalue weighted by Gasteiger charge is 2.22. The Morgan fingerprint density at radius 3 is 1.13 bits per heavy atom. The Kier molecular flexibility index (Phi) is 7.32. The zero-order chi connectivity index (χ0) is 26.5. The van der Waals surface area contributed by atoms with Crippen LogP contribution < -0.4 is 21.3 Å². The molecule has 0 radical (unpaired) electrons. The molecule has 0 saturated carbocycles. The van der Waals surface area contributed by atoms with Gasteiger partial charge in [0.15, 0.2) is 0 Å². The van der Waals surface area contributed by atoms with E-state index in [-0.39, 0.29) is 12.1 Å². The molecule has 2 atom stereocenters. The molecule has 5 aromatic rings. The quantitative estimate of drug-likeness (QED) is 0.210. The lowest BCUT2D eigenvalue weighted by Crippen LogP contribution is -2.23. The first-order valence-electron chi connectivity index (χ1n) is 13.0. The van der Waals surface area contributed by atoms with Gasteiger partial charge in [0.25, 0.3) is 0 Å². The fraction of sp³-hybridized carbons (Fsp3) is 0.118. The summed E-state index contributed by atoms with van der Waals surface area (Å²) in [5.41, 5.74) is 20.5. The number of nitrogen functional groups attached to an aromatic ring is 2. The maximum atomic E-state index is 6.01. The summed E-state index contributed by atoms with van der Waals surface area (Å²) >= 11 is 0. The van der Waals surface area contributed by atoms with E-state index < -0.39 is 0 Å². The standard InChI is InChI=1S/C34H34N4/c1-25(37(31-12-5-3-6-13-31)33-20-16-29(35)17-21-33)27-10-9-11-28(24-27)26(2)38(32-14-7-4-8-15-32)34-22-18-30(36)19-23-34/h3-26H,35-36H2,1-2H3. The molecule has 4 nitrogen and oxygen atoms in total. The molecule has 0 heterocycles. The van der Waals surface area contributed by atoms with Crippen LogP contribution in [0.15, 0.2) is 133 Å². The van der Waals surface area contributed by atoms with Crippen LogP contribution in [0.3, 0.4) is 0 Å². The largest absolute Gasteiger partial charge is 0.399 e. The Bertz CT molecular complexity index is 1340. The van der Waals surface area contributed by atoms with E-state index in [1.54, 1.807) is 0 Å². The van der Waals surface area contributed by atoms with E-state index in [4.69, 9.17) is 11.5 Å². The van der Waals surface area contributed by atoms with Crippen molar-refractivity contribution in [3.63, 3.8) is 0 Å². The number of hydrogen-bond acceptors (Lipinski definition) is 4. The molecule has 4 heteroatoms. The maximum absolute atomic E-state index is 6.01. The first kappa shape index (κ1) is 25.0. The van der Waals surface area contributed by atoms with Crippen molar-refractivity contribution >= 4 is 34.1 Å². The molecule has 0 saturated heterocycles. The second kappa shape index (κ2) is 11.1. The second-order valence-corrected chi connectivity index (χ2v) is 9.62. The minimum Gasteiger partial charge on any atom is -0.399 e. The van der Waals surface area contributed by atoms with Crippen LogP contribution in [-0.2, 0) is 0 Å². The molecule has 5 rings (SSSR count). The molecule has 0 bridgehead atoms. The third-order valence-corrected chi connectivity index (χ3v) is 7.06. The van der Waals surface area contributed by atoms with Crippen molar-refractivity contribution in [2.24, 2.45) is 0 Å². The van der Waals surface area contributed by atoms with Crippen molar-refractivity contribution in [3.05, 3.63) is 145 Å². The molecule has 0 aliphatic carbocycles. The van der Waals surface area contributed by atoms with Gasteiger partial charge in [0.2, 0.25) is 0 Å². The Morgan fingerprint density at radius 2 is 0.763 bits per heavy atom. The van der Waals surface area contributed by atoms with E-state index in [0.717, 1.165) is 34.1 Å². The van der Waals surface area contributed by atoms with E-state index in [1.165, 1.54) is 11.1 Å². The van der Waals surface area contributed by atoms with E-state index in [0.29, 0.717) is 0 Å². The highest BCUT2D eigenvalue weighted by molar-refractivity contribution is 5.68. The Balaban J connectivity index is 1.53. The fourth-order valence-electron chi connectivity index (χ4n) is 5.02. The van der Waals surface area contributed by atoms with Crippen molar-refractivity contribution in [1.82, 2.24) is 0 Å².